The fourth-order valence-electron chi connectivity index (χ4n) is 1.98. The molecule has 0 spiro atoms. The lowest BCUT2D eigenvalue weighted by Crippen LogP contribution is -2.08. The van der Waals surface area contributed by atoms with Crippen LogP contribution in [-0.2, 0) is 11.2 Å². The van der Waals surface area contributed by atoms with Gasteiger partial charge in [-0.1, -0.05) is 12.1 Å². The Balaban J connectivity index is 1.93. The number of nitrogens with zero attached hydrogens (tertiary/aromatic N) is 2. The number of ether oxygens (including phenoxy) is 2. The maximum Gasteiger partial charge on any atom is 0.203 e. The average molecular weight is 321 g/mol. The average Bonchev–Trinajstić information content (AvgIpc) is 2.92. The van der Waals surface area contributed by atoms with Crippen molar-refractivity contribution in [1.29, 1.82) is 0 Å². The summed E-state index contributed by atoms with van der Waals surface area (Å²) in [7, 11) is 1.68. The Morgan fingerprint density at radius 1 is 1.18 bits per heavy atom. The summed E-state index contributed by atoms with van der Waals surface area (Å²) in [5.41, 5.74) is 1.18. The van der Waals surface area contributed by atoms with Gasteiger partial charge < -0.3 is 14.8 Å². The molecule has 0 aliphatic heterocycles. The summed E-state index contributed by atoms with van der Waals surface area (Å²) >= 11 is 1.38. The van der Waals surface area contributed by atoms with E-state index in [9.17, 15) is 0 Å². The smallest absolute Gasteiger partial charge is 0.203 e. The van der Waals surface area contributed by atoms with Crippen LogP contribution in [0.5, 0.6) is 5.75 Å². The first-order chi connectivity index (χ1) is 10.6. The van der Waals surface area contributed by atoms with E-state index in [0.29, 0.717) is 6.61 Å². The Kier molecular flexibility index (Phi) is 6.15. The summed E-state index contributed by atoms with van der Waals surface area (Å²) in [6, 6.07) is 8.30. The summed E-state index contributed by atoms with van der Waals surface area (Å²) in [5.74, 6) is 1.71. The second-order valence-electron chi connectivity index (χ2n) is 5.36. The predicted octanol–water partition coefficient (Wildman–Crippen LogP) is 3.69. The first-order valence-electron chi connectivity index (χ1n) is 7.43. The summed E-state index contributed by atoms with van der Waals surface area (Å²) in [6.45, 7) is 6.79. The quantitative estimate of drug-likeness (QED) is 0.803. The molecule has 0 fully saturated rings. The maximum atomic E-state index is 5.66. The van der Waals surface area contributed by atoms with E-state index >= 15 is 0 Å². The van der Waals surface area contributed by atoms with Gasteiger partial charge in [0.25, 0.3) is 0 Å². The van der Waals surface area contributed by atoms with Crippen LogP contribution in [0.2, 0.25) is 0 Å². The molecule has 0 aliphatic carbocycles. The molecule has 1 heterocycles. The van der Waals surface area contributed by atoms with Gasteiger partial charge in [-0.05, 0) is 38.5 Å². The van der Waals surface area contributed by atoms with E-state index in [1.165, 1.54) is 17.1 Å². The third-order valence-electron chi connectivity index (χ3n) is 3.09. The zero-order chi connectivity index (χ0) is 15.9. The second kappa shape index (κ2) is 8.10. The first-order valence-corrected chi connectivity index (χ1v) is 8.20. The molecule has 1 aromatic heterocycles. The molecule has 22 heavy (non-hydrogen) atoms. The maximum absolute atomic E-state index is 5.66. The molecule has 2 aromatic rings. The van der Waals surface area contributed by atoms with E-state index in [2.05, 4.69) is 33.7 Å². The topological polar surface area (TPSA) is 56.3 Å². The third kappa shape index (κ3) is 4.96. The molecule has 1 atom stereocenters. The zero-order valence-electron chi connectivity index (χ0n) is 13.5. The van der Waals surface area contributed by atoms with E-state index in [0.717, 1.165) is 23.1 Å². The van der Waals surface area contributed by atoms with Crippen LogP contribution in [0.15, 0.2) is 24.3 Å². The van der Waals surface area contributed by atoms with Crippen molar-refractivity contribution in [2.45, 2.75) is 39.3 Å². The summed E-state index contributed by atoms with van der Waals surface area (Å²) in [6.07, 6.45) is 0.929. The number of rotatable bonds is 8. The summed E-state index contributed by atoms with van der Waals surface area (Å²) in [4.78, 5) is 4.46. The fraction of sp³-hybridized carbons (Fsp3) is 0.500. The number of anilines is 1. The molecule has 1 unspecified atom stereocenters. The predicted molar refractivity (Wildman–Crippen MR) is 89.7 cm³/mol. The van der Waals surface area contributed by atoms with Crippen molar-refractivity contribution in [3.63, 3.8) is 0 Å². The number of aromatic nitrogens is 2. The lowest BCUT2D eigenvalue weighted by atomic mass is 10.1. The van der Waals surface area contributed by atoms with Crippen molar-refractivity contribution in [1.82, 2.24) is 9.36 Å². The van der Waals surface area contributed by atoms with Gasteiger partial charge in [-0.3, -0.25) is 0 Å². The largest absolute Gasteiger partial charge is 0.491 e. The van der Waals surface area contributed by atoms with Gasteiger partial charge in [-0.2, -0.15) is 4.37 Å². The number of hydrogen-bond acceptors (Lipinski definition) is 6. The monoisotopic (exact) mass is 321 g/mol. The van der Waals surface area contributed by atoms with E-state index in [1.54, 1.807) is 7.11 Å². The highest BCUT2D eigenvalue weighted by Gasteiger charge is 2.10. The van der Waals surface area contributed by atoms with Crippen LogP contribution in [0.1, 0.15) is 38.2 Å². The molecule has 0 amide bonds. The molecular formula is C16H23N3O2S. The second-order valence-corrected chi connectivity index (χ2v) is 6.11. The van der Waals surface area contributed by atoms with Crippen LogP contribution in [0.4, 0.5) is 5.13 Å². The van der Waals surface area contributed by atoms with Crippen LogP contribution < -0.4 is 10.1 Å². The number of methoxy groups -OCH3 is 1. The van der Waals surface area contributed by atoms with Crippen molar-refractivity contribution in [2.24, 2.45) is 0 Å². The minimum absolute atomic E-state index is 0.163. The molecular weight excluding hydrogens is 298 g/mol. The highest BCUT2D eigenvalue weighted by molar-refractivity contribution is 7.09. The molecule has 0 saturated carbocycles. The van der Waals surface area contributed by atoms with E-state index in [1.807, 2.05) is 26.0 Å². The van der Waals surface area contributed by atoms with Gasteiger partial charge in [0.2, 0.25) is 5.13 Å². The van der Waals surface area contributed by atoms with Crippen molar-refractivity contribution in [3.05, 3.63) is 35.7 Å². The van der Waals surface area contributed by atoms with Gasteiger partial charge >= 0.3 is 0 Å². The van der Waals surface area contributed by atoms with Crippen LogP contribution >= 0.6 is 11.5 Å². The first kappa shape index (κ1) is 16.7. The SMILES string of the molecule is COCCc1nsc(NC(C)c2ccc(OC(C)C)cc2)n1. The Labute approximate surface area is 135 Å². The number of hydrogen-bond donors (Lipinski definition) is 1. The third-order valence-corrected chi connectivity index (χ3v) is 3.77. The zero-order valence-corrected chi connectivity index (χ0v) is 14.3. The van der Waals surface area contributed by atoms with Crippen molar-refractivity contribution in [3.8, 4) is 5.75 Å². The highest BCUT2D eigenvalue weighted by atomic mass is 32.1. The number of nitrogens with one attached hydrogen (secondary N) is 1. The van der Waals surface area contributed by atoms with Crippen molar-refractivity contribution >= 4 is 16.7 Å². The molecule has 6 heteroatoms. The summed E-state index contributed by atoms with van der Waals surface area (Å²) in [5, 5.41) is 4.21. The Morgan fingerprint density at radius 3 is 2.55 bits per heavy atom. The molecule has 0 radical (unpaired) electrons. The van der Waals surface area contributed by atoms with Crippen LogP contribution in [0.25, 0.3) is 0 Å². The lowest BCUT2D eigenvalue weighted by molar-refractivity contribution is 0.201. The molecule has 120 valence electrons. The Hall–Kier alpha value is -1.66. The van der Waals surface area contributed by atoms with Gasteiger partial charge in [0.1, 0.15) is 11.6 Å². The number of benzene rings is 1. The molecule has 0 saturated heterocycles. The highest BCUT2D eigenvalue weighted by Crippen LogP contribution is 2.23. The van der Waals surface area contributed by atoms with Gasteiger partial charge in [-0.15, -0.1) is 0 Å². The minimum atomic E-state index is 0.163. The van der Waals surface area contributed by atoms with Crippen molar-refractivity contribution < 1.29 is 9.47 Å². The lowest BCUT2D eigenvalue weighted by Gasteiger charge is -2.14. The van der Waals surface area contributed by atoms with Gasteiger partial charge in [-0.25, -0.2) is 4.98 Å². The van der Waals surface area contributed by atoms with Crippen molar-refractivity contribution in [2.75, 3.05) is 19.0 Å². The summed E-state index contributed by atoms with van der Waals surface area (Å²) < 4.78 is 15.0. The normalized spacial score (nSPS) is 12.4. The molecule has 5 nitrogen and oxygen atoms in total. The van der Waals surface area contributed by atoms with Gasteiger partial charge in [0.05, 0.1) is 18.8 Å². The van der Waals surface area contributed by atoms with Crippen LogP contribution in [-0.4, -0.2) is 29.2 Å². The van der Waals surface area contributed by atoms with Crippen LogP contribution in [0, 0.1) is 0 Å². The molecule has 1 N–H and O–H groups in total. The van der Waals surface area contributed by atoms with Crippen LogP contribution in [0.3, 0.4) is 0 Å². The Bertz CT molecular complexity index is 569. The van der Waals surface area contributed by atoms with Gasteiger partial charge in [0.15, 0.2) is 0 Å². The van der Waals surface area contributed by atoms with Gasteiger partial charge in [0, 0.05) is 25.1 Å². The molecule has 2 rings (SSSR count). The molecule has 0 aliphatic rings. The standard InChI is InChI=1S/C16H23N3O2S/c1-11(2)21-14-7-5-13(6-8-14)12(3)17-16-18-15(19-22-16)9-10-20-4/h5-8,11-12H,9-10H2,1-4H3,(H,17,18,19). The minimum Gasteiger partial charge on any atom is -0.491 e. The van der Waals surface area contributed by atoms with E-state index in [-0.39, 0.29) is 12.1 Å². The molecule has 1 aromatic carbocycles. The van der Waals surface area contributed by atoms with E-state index < -0.39 is 0 Å². The van der Waals surface area contributed by atoms with E-state index in [4.69, 9.17) is 9.47 Å². The Morgan fingerprint density at radius 2 is 1.91 bits per heavy atom. The fourth-order valence-corrected chi connectivity index (χ4v) is 2.68. The molecule has 0 bridgehead atoms.